The summed E-state index contributed by atoms with van der Waals surface area (Å²) in [6.07, 6.45) is 9.82. The van der Waals surface area contributed by atoms with E-state index in [-0.39, 0.29) is 24.4 Å². The maximum Gasteiger partial charge on any atom is 0.273 e. The largest absolute Gasteiger partial charge is 0.355 e. The quantitative estimate of drug-likeness (QED) is 0.461. The molecule has 1 aromatic carbocycles. The normalized spacial score (nSPS) is 17.5. The van der Waals surface area contributed by atoms with Crippen molar-refractivity contribution in [3.8, 4) is 11.3 Å². The standard InChI is InChI=1S/C26H31N3O2S.ClH/c30-26(27-18-23(25-10-7-15-32-25)29-13-5-1-2-6-14-29)22-17-24(31-28-22)21-12-11-19-8-3-4-9-20(19)16-21;/h7,10-12,15-17,23H,1-6,8-9,13-14,18H2,(H,27,30);1H. The van der Waals surface area contributed by atoms with E-state index >= 15 is 0 Å². The molecule has 0 saturated carbocycles. The lowest BCUT2D eigenvalue weighted by Gasteiger charge is -2.30. The molecule has 1 aliphatic carbocycles. The highest BCUT2D eigenvalue weighted by molar-refractivity contribution is 7.10. The van der Waals surface area contributed by atoms with Gasteiger partial charge in [-0.3, -0.25) is 9.69 Å². The van der Waals surface area contributed by atoms with Crippen LogP contribution in [-0.2, 0) is 12.8 Å². The molecule has 1 saturated heterocycles. The first kappa shape index (κ1) is 24.0. The smallest absolute Gasteiger partial charge is 0.273 e. The molecule has 7 heteroatoms. The van der Waals surface area contributed by atoms with E-state index in [0.29, 0.717) is 18.0 Å². The Hall–Kier alpha value is -2.15. The third-order valence-corrected chi connectivity index (χ3v) is 7.76. The summed E-state index contributed by atoms with van der Waals surface area (Å²) in [4.78, 5) is 16.7. The lowest BCUT2D eigenvalue weighted by Crippen LogP contribution is -2.38. The minimum Gasteiger partial charge on any atom is -0.355 e. The molecule has 1 N–H and O–H groups in total. The van der Waals surface area contributed by atoms with E-state index in [9.17, 15) is 4.79 Å². The fraction of sp³-hybridized carbons (Fsp3) is 0.462. The number of aromatic nitrogens is 1. The van der Waals surface area contributed by atoms with E-state index in [1.807, 2.05) is 0 Å². The van der Waals surface area contributed by atoms with Gasteiger partial charge in [0.15, 0.2) is 11.5 Å². The maximum atomic E-state index is 12.9. The van der Waals surface area contributed by atoms with Gasteiger partial charge in [0.25, 0.3) is 5.91 Å². The van der Waals surface area contributed by atoms with Crippen molar-refractivity contribution in [2.45, 2.75) is 57.4 Å². The van der Waals surface area contributed by atoms with Crippen LogP contribution in [0.5, 0.6) is 0 Å². The number of hydrogen-bond donors (Lipinski definition) is 1. The van der Waals surface area contributed by atoms with Crippen LogP contribution in [0, 0.1) is 0 Å². The monoisotopic (exact) mass is 485 g/mol. The van der Waals surface area contributed by atoms with Crippen LogP contribution in [0.25, 0.3) is 11.3 Å². The lowest BCUT2D eigenvalue weighted by atomic mass is 9.90. The Morgan fingerprint density at radius 2 is 1.82 bits per heavy atom. The molecule has 5 nitrogen and oxygen atoms in total. The first-order valence-corrected chi connectivity index (χ1v) is 12.8. The van der Waals surface area contributed by atoms with Crippen molar-refractivity contribution in [3.05, 3.63) is 63.5 Å². The number of carbonyl (C=O) groups is 1. The number of thiophene rings is 1. The van der Waals surface area contributed by atoms with Crippen LogP contribution in [0.2, 0.25) is 0 Å². The molecule has 1 atom stereocenters. The molecule has 1 aliphatic heterocycles. The van der Waals surface area contributed by atoms with E-state index in [2.05, 4.69) is 51.1 Å². The predicted molar refractivity (Wildman–Crippen MR) is 135 cm³/mol. The Bertz CT molecular complexity index is 1040. The highest BCUT2D eigenvalue weighted by Crippen LogP contribution is 2.29. The van der Waals surface area contributed by atoms with Crippen LogP contribution in [0.3, 0.4) is 0 Å². The maximum absolute atomic E-state index is 12.9. The summed E-state index contributed by atoms with van der Waals surface area (Å²) in [7, 11) is 0. The minimum absolute atomic E-state index is 0. The fourth-order valence-corrected chi connectivity index (χ4v) is 5.84. The van der Waals surface area contributed by atoms with Gasteiger partial charge in [-0.05, 0) is 80.3 Å². The SMILES string of the molecule is Cl.O=C(NCC(c1cccs1)N1CCCCCC1)c1cc(-c2ccc3c(c2)CCCC3)on1. The molecule has 3 heterocycles. The topological polar surface area (TPSA) is 58.4 Å². The minimum atomic E-state index is -0.172. The molecule has 176 valence electrons. The Labute approximate surface area is 206 Å². The molecule has 1 amide bonds. The highest BCUT2D eigenvalue weighted by atomic mass is 35.5. The van der Waals surface area contributed by atoms with Gasteiger partial charge in [0.2, 0.25) is 0 Å². The first-order valence-electron chi connectivity index (χ1n) is 11.9. The van der Waals surface area contributed by atoms with Crippen LogP contribution in [0.15, 0.2) is 46.3 Å². The Kier molecular flexibility index (Phi) is 8.23. The number of aryl methyl sites for hydroxylation is 2. The van der Waals surface area contributed by atoms with Gasteiger partial charge < -0.3 is 9.84 Å². The Morgan fingerprint density at radius 3 is 2.58 bits per heavy atom. The summed E-state index contributed by atoms with van der Waals surface area (Å²) in [5.74, 6) is 0.486. The molecular weight excluding hydrogens is 454 g/mol. The number of nitrogens with one attached hydrogen (secondary N) is 1. The van der Waals surface area contributed by atoms with Crippen LogP contribution in [0.4, 0.5) is 0 Å². The third kappa shape index (κ3) is 5.68. The van der Waals surface area contributed by atoms with E-state index in [1.165, 1.54) is 54.5 Å². The number of hydrogen-bond acceptors (Lipinski definition) is 5. The van der Waals surface area contributed by atoms with Gasteiger partial charge in [-0.15, -0.1) is 23.7 Å². The fourth-order valence-electron chi connectivity index (χ4n) is 4.98. The second-order valence-corrected chi connectivity index (χ2v) is 9.94. The zero-order valence-electron chi connectivity index (χ0n) is 18.9. The van der Waals surface area contributed by atoms with Crippen LogP contribution in [-0.4, -0.2) is 35.6 Å². The number of amides is 1. The van der Waals surface area contributed by atoms with Gasteiger partial charge in [-0.25, -0.2) is 0 Å². The number of fused-ring (bicyclic) bond motifs is 1. The molecule has 0 bridgehead atoms. The summed E-state index contributed by atoms with van der Waals surface area (Å²) in [6, 6.07) is 12.7. The van der Waals surface area contributed by atoms with Crippen molar-refractivity contribution in [2.75, 3.05) is 19.6 Å². The Morgan fingerprint density at radius 1 is 1.03 bits per heavy atom. The summed E-state index contributed by atoms with van der Waals surface area (Å²) < 4.78 is 5.56. The highest BCUT2D eigenvalue weighted by Gasteiger charge is 2.24. The molecule has 33 heavy (non-hydrogen) atoms. The number of halogens is 1. The molecule has 2 aliphatic rings. The van der Waals surface area contributed by atoms with Gasteiger partial charge in [0.05, 0.1) is 6.04 Å². The zero-order valence-corrected chi connectivity index (χ0v) is 20.6. The molecular formula is C26H32ClN3O2S. The number of likely N-dealkylation sites (tertiary alicyclic amines) is 1. The predicted octanol–water partition coefficient (Wildman–Crippen LogP) is 6.05. The van der Waals surface area contributed by atoms with Crippen molar-refractivity contribution in [1.29, 1.82) is 0 Å². The number of nitrogens with zero attached hydrogens (tertiary/aromatic N) is 2. The Balaban J connectivity index is 0.00000259. The third-order valence-electron chi connectivity index (χ3n) is 6.78. The van der Waals surface area contributed by atoms with E-state index in [1.54, 1.807) is 17.4 Å². The lowest BCUT2D eigenvalue weighted by molar-refractivity contribution is 0.0925. The first-order chi connectivity index (χ1) is 15.8. The molecule has 0 radical (unpaired) electrons. The molecule has 2 aromatic heterocycles. The summed E-state index contributed by atoms with van der Waals surface area (Å²) >= 11 is 1.76. The average Bonchev–Trinajstić information content (AvgIpc) is 3.47. The van der Waals surface area contributed by atoms with E-state index in [0.717, 1.165) is 31.5 Å². The summed E-state index contributed by atoms with van der Waals surface area (Å²) in [5, 5.41) is 9.31. The van der Waals surface area contributed by atoms with Crippen molar-refractivity contribution >= 4 is 29.7 Å². The van der Waals surface area contributed by atoms with Gasteiger partial charge in [-0.1, -0.05) is 36.2 Å². The van der Waals surface area contributed by atoms with E-state index < -0.39 is 0 Å². The molecule has 1 unspecified atom stereocenters. The number of rotatable bonds is 6. The van der Waals surface area contributed by atoms with E-state index in [4.69, 9.17) is 4.52 Å². The van der Waals surface area contributed by atoms with Gasteiger partial charge >= 0.3 is 0 Å². The second kappa shape index (κ2) is 11.3. The van der Waals surface area contributed by atoms with Crippen molar-refractivity contribution in [1.82, 2.24) is 15.4 Å². The number of carbonyl (C=O) groups excluding carboxylic acids is 1. The van der Waals surface area contributed by atoms with Crippen molar-refractivity contribution in [2.24, 2.45) is 0 Å². The van der Waals surface area contributed by atoms with Gasteiger partial charge in [-0.2, -0.15) is 0 Å². The average molecular weight is 486 g/mol. The number of benzene rings is 1. The van der Waals surface area contributed by atoms with Crippen LogP contribution in [0.1, 0.15) is 71.1 Å². The zero-order chi connectivity index (χ0) is 21.8. The van der Waals surface area contributed by atoms with Crippen LogP contribution < -0.4 is 5.32 Å². The molecule has 5 rings (SSSR count). The van der Waals surface area contributed by atoms with Gasteiger partial charge in [0, 0.05) is 23.1 Å². The van der Waals surface area contributed by atoms with Crippen molar-refractivity contribution in [3.63, 3.8) is 0 Å². The molecule has 1 fully saturated rings. The van der Waals surface area contributed by atoms with Gasteiger partial charge in [0.1, 0.15) is 0 Å². The van der Waals surface area contributed by atoms with Crippen molar-refractivity contribution < 1.29 is 9.32 Å². The molecule has 0 spiro atoms. The molecule has 3 aromatic rings. The summed E-state index contributed by atoms with van der Waals surface area (Å²) in [6.45, 7) is 2.76. The summed E-state index contributed by atoms with van der Waals surface area (Å²) in [5.41, 5.74) is 4.18. The van der Waals surface area contributed by atoms with Crippen LogP contribution >= 0.6 is 23.7 Å². The second-order valence-electron chi connectivity index (χ2n) is 8.96.